The maximum Gasteiger partial charge on any atom is 0.174 e. The second-order valence-electron chi connectivity index (χ2n) is 4.36. The van der Waals surface area contributed by atoms with Gasteiger partial charge in [0, 0.05) is 13.0 Å². The molecule has 0 unspecified atom stereocenters. The standard InChI is InChI=1S/C12H15N5/c1-3-10-5-6-13-8-11(10)7-9(1)2-4-12-14-16-17-15-12/h1,3,7,13H,2,4-6,8H2,(H,14,15,16,17). The molecule has 0 amide bonds. The average Bonchev–Trinajstić information content (AvgIpc) is 2.89. The lowest BCUT2D eigenvalue weighted by Gasteiger charge is -2.17. The van der Waals surface area contributed by atoms with Crippen LogP contribution in [-0.2, 0) is 25.8 Å². The van der Waals surface area contributed by atoms with E-state index in [-0.39, 0.29) is 0 Å². The van der Waals surface area contributed by atoms with Crippen molar-refractivity contribution in [1.82, 2.24) is 25.9 Å². The number of hydrogen-bond acceptors (Lipinski definition) is 4. The Morgan fingerprint density at radius 3 is 3.06 bits per heavy atom. The van der Waals surface area contributed by atoms with Crippen LogP contribution in [0.3, 0.4) is 0 Å². The highest BCUT2D eigenvalue weighted by Crippen LogP contribution is 2.16. The molecular formula is C12H15N5. The van der Waals surface area contributed by atoms with Crippen molar-refractivity contribution in [2.45, 2.75) is 25.8 Å². The van der Waals surface area contributed by atoms with E-state index >= 15 is 0 Å². The molecule has 0 radical (unpaired) electrons. The van der Waals surface area contributed by atoms with Crippen molar-refractivity contribution in [1.29, 1.82) is 0 Å². The Balaban J connectivity index is 1.71. The lowest BCUT2D eigenvalue weighted by atomic mass is 9.97. The van der Waals surface area contributed by atoms with Crippen LogP contribution in [0, 0.1) is 0 Å². The number of nitrogens with one attached hydrogen (secondary N) is 2. The molecule has 17 heavy (non-hydrogen) atoms. The zero-order valence-electron chi connectivity index (χ0n) is 9.61. The van der Waals surface area contributed by atoms with Gasteiger partial charge in [-0.3, -0.25) is 0 Å². The van der Waals surface area contributed by atoms with Gasteiger partial charge >= 0.3 is 0 Å². The molecule has 3 rings (SSSR count). The fraction of sp³-hybridized carbons (Fsp3) is 0.417. The Hall–Kier alpha value is -1.75. The summed E-state index contributed by atoms with van der Waals surface area (Å²) in [4.78, 5) is 0. The summed E-state index contributed by atoms with van der Waals surface area (Å²) in [6, 6.07) is 6.76. The smallest absolute Gasteiger partial charge is 0.174 e. The van der Waals surface area contributed by atoms with Crippen molar-refractivity contribution < 1.29 is 0 Å². The number of rotatable bonds is 3. The number of nitrogens with zero attached hydrogens (tertiary/aromatic N) is 3. The minimum absolute atomic E-state index is 0.779. The van der Waals surface area contributed by atoms with Crippen molar-refractivity contribution in [3.8, 4) is 0 Å². The molecule has 1 aromatic carbocycles. The summed E-state index contributed by atoms with van der Waals surface area (Å²) < 4.78 is 0. The Labute approximate surface area is 99.6 Å². The first-order valence-electron chi connectivity index (χ1n) is 5.95. The Bertz CT molecular complexity index is 492. The first kappa shape index (κ1) is 10.4. The molecule has 2 aromatic rings. The molecule has 0 bridgehead atoms. The van der Waals surface area contributed by atoms with E-state index in [1.54, 1.807) is 0 Å². The van der Waals surface area contributed by atoms with E-state index in [2.05, 4.69) is 44.1 Å². The number of hydrogen-bond donors (Lipinski definition) is 2. The number of aromatic nitrogens is 4. The molecule has 0 saturated heterocycles. The van der Waals surface area contributed by atoms with Crippen LogP contribution in [0.1, 0.15) is 22.5 Å². The van der Waals surface area contributed by atoms with Crippen LogP contribution in [0.2, 0.25) is 0 Å². The Kier molecular flexibility index (Phi) is 2.83. The predicted molar refractivity (Wildman–Crippen MR) is 63.4 cm³/mol. The van der Waals surface area contributed by atoms with E-state index in [9.17, 15) is 0 Å². The highest BCUT2D eigenvalue weighted by Gasteiger charge is 2.09. The first-order valence-corrected chi connectivity index (χ1v) is 5.95. The second-order valence-corrected chi connectivity index (χ2v) is 4.36. The van der Waals surface area contributed by atoms with Crippen molar-refractivity contribution in [2.75, 3.05) is 6.54 Å². The van der Waals surface area contributed by atoms with Crippen molar-refractivity contribution in [3.63, 3.8) is 0 Å². The maximum absolute atomic E-state index is 3.96. The van der Waals surface area contributed by atoms with Gasteiger partial charge in [-0.25, -0.2) is 0 Å². The highest BCUT2D eigenvalue weighted by atomic mass is 15.5. The second kappa shape index (κ2) is 4.63. The van der Waals surface area contributed by atoms with Crippen LogP contribution in [0.5, 0.6) is 0 Å². The van der Waals surface area contributed by atoms with Gasteiger partial charge < -0.3 is 5.32 Å². The van der Waals surface area contributed by atoms with Crippen LogP contribution in [-0.4, -0.2) is 27.2 Å². The fourth-order valence-corrected chi connectivity index (χ4v) is 2.23. The van der Waals surface area contributed by atoms with Crippen molar-refractivity contribution in [2.24, 2.45) is 0 Å². The van der Waals surface area contributed by atoms with Crippen LogP contribution in [0.15, 0.2) is 18.2 Å². The summed E-state index contributed by atoms with van der Waals surface area (Å²) in [5.41, 5.74) is 4.26. The quantitative estimate of drug-likeness (QED) is 0.810. The van der Waals surface area contributed by atoms with Gasteiger partial charge in [0.1, 0.15) is 0 Å². The van der Waals surface area contributed by atoms with Gasteiger partial charge in [-0.2, -0.15) is 5.21 Å². The SMILES string of the molecule is c1cc2c(cc1CCc1nn[nH]n1)CNCC2. The molecule has 1 aliphatic heterocycles. The minimum Gasteiger partial charge on any atom is -0.312 e. The van der Waals surface area contributed by atoms with Gasteiger partial charge in [-0.05, 0) is 36.1 Å². The normalized spacial score (nSPS) is 14.6. The number of benzene rings is 1. The minimum atomic E-state index is 0.779. The van der Waals surface area contributed by atoms with E-state index in [0.717, 1.165) is 38.2 Å². The zero-order valence-corrected chi connectivity index (χ0v) is 9.61. The molecule has 0 fully saturated rings. The van der Waals surface area contributed by atoms with Crippen molar-refractivity contribution >= 4 is 0 Å². The Morgan fingerprint density at radius 2 is 2.18 bits per heavy atom. The number of aromatic amines is 1. The van der Waals surface area contributed by atoms with Crippen molar-refractivity contribution in [3.05, 3.63) is 40.7 Å². The summed E-state index contributed by atoms with van der Waals surface area (Å²) in [5, 5.41) is 17.4. The van der Waals surface area contributed by atoms with Gasteiger partial charge in [0.2, 0.25) is 0 Å². The largest absolute Gasteiger partial charge is 0.312 e. The summed E-state index contributed by atoms with van der Waals surface area (Å²) in [7, 11) is 0. The lowest BCUT2D eigenvalue weighted by molar-refractivity contribution is 0.642. The van der Waals surface area contributed by atoms with Crippen LogP contribution in [0.4, 0.5) is 0 Å². The van der Waals surface area contributed by atoms with Gasteiger partial charge in [0.15, 0.2) is 5.82 Å². The van der Waals surface area contributed by atoms with Gasteiger partial charge in [0.05, 0.1) is 0 Å². The molecule has 5 heteroatoms. The summed E-state index contributed by atoms with van der Waals surface area (Å²) >= 11 is 0. The van der Waals surface area contributed by atoms with E-state index in [4.69, 9.17) is 0 Å². The molecule has 88 valence electrons. The van der Waals surface area contributed by atoms with Gasteiger partial charge in [0.25, 0.3) is 0 Å². The molecule has 2 heterocycles. The average molecular weight is 229 g/mol. The molecule has 2 N–H and O–H groups in total. The Morgan fingerprint density at radius 1 is 1.18 bits per heavy atom. The third kappa shape index (κ3) is 2.34. The molecular weight excluding hydrogens is 214 g/mol. The lowest BCUT2D eigenvalue weighted by Crippen LogP contribution is -2.23. The molecule has 0 spiro atoms. The molecule has 1 aliphatic rings. The molecule has 1 aromatic heterocycles. The monoisotopic (exact) mass is 229 g/mol. The van der Waals surface area contributed by atoms with E-state index < -0.39 is 0 Å². The van der Waals surface area contributed by atoms with Crippen LogP contribution < -0.4 is 5.32 Å². The zero-order chi connectivity index (χ0) is 11.5. The summed E-state index contributed by atoms with van der Waals surface area (Å²) in [5.74, 6) is 0.779. The number of H-pyrrole nitrogens is 1. The van der Waals surface area contributed by atoms with Crippen LogP contribution >= 0.6 is 0 Å². The summed E-state index contributed by atoms with van der Waals surface area (Å²) in [6.07, 6.45) is 2.94. The highest BCUT2D eigenvalue weighted by molar-refractivity contribution is 5.33. The first-order chi connectivity index (χ1) is 8.42. The van der Waals surface area contributed by atoms with E-state index in [1.165, 1.54) is 16.7 Å². The topological polar surface area (TPSA) is 66.5 Å². The van der Waals surface area contributed by atoms with Gasteiger partial charge in [-0.15, -0.1) is 10.2 Å². The van der Waals surface area contributed by atoms with Gasteiger partial charge in [-0.1, -0.05) is 23.4 Å². The third-order valence-electron chi connectivity index (χ3n) is 3.18. The number of tetrazole rings is 1. The van der Waals surface area contributed by atoms with E-state index in [1.807, 2.05) is 0 Å². The van der Waals surface area contributed by atoms with Crippen LogP contribution in [0.25, 0.3) is 0 Å². The molecule has 0 aliphatic carbocycles. The summed E-state index contributed by atoms with van der Waals surface area (Å²) in [6.45, 7) is 2.08. The molecule has 0 saturated carbocycles. The number of aryl methyl sites for hydroxylation is 2. The maximum atomic E-state index is 3.96. The third-order valence-corrected chi connectivity index (χ3v) is 3.18. The molecule has 5 nitrogen and oxygen atoms in total. The fourth-order valence-electron chi connectivity index (χ4n) is 2.23. The van der Waals surface area contributed by atoms with E-state index in [0.29, 0.717) is 0 Å². The predicted octanol–water partition coefficient (Wildman–Crippen LogP) is 0.631. The molecule has 0 atom stereocenters. The number of fused-ring (bicyclic) bond motifs is 1.